The number of carbonyl (C=O) groups excluding carboxylic acids is 3. The number of unbranched alkanes of at least 4 members (excludes halogenated alkanes) is 2. The van der Waals surface area contributed by atoms with Gasteiger partial charge in [0.2, 0.25) is 5.91 Å². The molecule has 0 aliphatic carbocycles. The van der Waals surface area contributed by atoms with Crippen molar-refractivity contribution in [2.75, 3.05) is 52.3 Å². The van der Waals surface area contributed by atoms with Crippen molar-refractivity contribution >= 4 is 35.3 Å². The third-order valence-corrected chi connectivity index (χ3v) is 6.32. The Kier molecular flexibility index (Phi) is 13.1. The first-order valence-corrected chi connectivity index (χ1v) is 13.0. The average Bonchev–Trinajstić information content (AvgIpc) is 2.97. The number of nitrogens with zero attached hydrogens (tertiary/aromatic N) is 2. The predicted molar refractivity (Wildman–Crippen MR) is 149 cm³/mol. The van der Waals surface area contributed by atoms with Gasteiger partial charge in [-0.3, -0.25) is 19.3 Å². The maximum atomic E-state index is 12.9. The van der Waals surface area contributed by atoms with Crippen molar-refractivity contribution in [1.82, 2.24) is 9.80 Å². The molecule has 13 heteroatoms. The molecule has 0 spiro atoms. The van der Waals surface area contributed by atoms with E-state index in [2.05, 4.69) is 10.2 Å². The summed E-state index contributed by atoms with van der Waals surface area (Å²) in [6, 6.07) is 12.0. The van der Waals surface area contributed by atoms with Crippen LogP contribution < -0.4 is 20.5 Å². The topological polar surface area (TPSA) is 189 Å². The number of amides is 3. The van der Waals surface area contributed by atoms with E-state index < -0.39 is 17.8 Å². The van der Waals surface area contributed by atoms with Crippen molar-refractivity contribution in [2.45, 2.75) is 25.7 Å². The molecule has 1 fully saturated rings. The van der Waals surface area contributed by atoms with Gasteiger partial charge in [-0.1, -0.05) is 18.6 Å². The summed E-state index contributed by atoms with van der Waals surface area (Å²) in [5.41, 5.74) is 6.70. The Morgan fingerprint density at radius 3 is 2.07 bits per heavy atom. The van der Waals surface area contributed by atoms with Crippen LogP contribution in [0.1, 0.15) is 46.4 Å². The molecule has 0 atom stereocenters. The zero-order valence-electron chi connectivity index (χ0n) is 23.1. The van der Waals surface area contributed by atoms with Crippen molar-refractivity contribution in [1.29, 1.82) is 0 Å². The summed E-state index contributed by atoms with van der Waals surface area (Å²) in [5, 5.41) is 17.6. The van der Waals surface area contributed by atoms with Gasteiger partial charge in [-0.2, -0.15) is 0 Å². The van der Waals surface area contributed by atoms with E-state index in [1.54, 1.807) is 56.7 Å². The Labute approximate surface area is 237 Å². The molecule has 1 aliphatic rings. The monoisotopic (exact) mass is 572 g/mol. The molecule has 0 saturated carbocycles. The summed E-state index contributed by atoms with van der Waals surface area (Å²) in [6.07, 6.45) is 3.06. The molecule has 0 bridgehead atoms. The molecule has 222 valence electrons. The van der Waals surface area contributed by atoms with Crippen molar-refractivity contribution in [2.24, 2.45) is 5.73 Å². The van der Waals surface area contributed by atoms with Crippen LogP contribution in [0.5, 0.6) is 11.5 Å². The van der Waals surface area contributed by atoms with Gasteiger partial charge in [0.15, 0.2) is 11.5 Å². The lowest BCUT2D eigenvalue weighted by molar-refractivity contribution is -0.159. The quantitative estimate of drug-likeness (QED) is 0.229. The van der Waals surface area contributed by atoms with E-state index in [1.807, 2.05) is 4.90 Å². The minimum Gasteiger partial charge on any atom is -0.493 e. The minimum absolute atomic E-state index is 0.00507. The van der Waals surface area contributed by atoms with E-state index >= 15 is 0 Å². The maximum absolute atomic E-state index is 12.9. The van der Waals surface area contributed by atoms with E-state index in [1.165, 1.54) is 0 Å². The number of para-hydroxylation sites is 1. The Bertz CT molecular complexity index is 1210. The molecule has 2 aromatic carbocycles. The van der Waals surface area contributed by atoms with E-state index in [-0.39, 0.29) is 11.8 Å². The fraction of sp³-hybridized carbons (Fsp3) is 0.393. The molecule has 2 aromatic rings. The van der Waals surface area contributed by atoms with Gasteiger partial charge in [-0.25, -0.2) is 9.59 Å². The molecule has 3 amide bonds. The standard InChI is InChI=1S/C26H34N4O5.C2H2O4/c1-34-22-12-11-19(18-23(22)35-2)26(33)30-16-14-29(15-17-30)13-7-3-4-10-24(31)28-21-9-6-5-8-20(21)25(27)32;3-1(4)2(5)6/h5-6,8-9,11-12,18H,3-4,7,10,13-17H2,1-2H3,(H2,27,32)(H,28,31);(H,3,4)(H,5,6). The molecule has 0 unspecified atom stereocenters. The molecule has 3 rings (SSSR count). The number of ether oxygens (including phenoxy) is 2. The minimum atomic E-state index is -1.82. The Morgan fingerprint density at radius 1 is 0.854 bits per heavy atom. The van der Waals surface area contributed by atoms with Crippen LogP contribution in [0, 0.1) is 0 Å². The average molecular weight is 573 g/mol. The van der Waals surface area contributed by atoms with Crippen LogP contribution >= 0.6 is 0 Å². The summed E-state index contributed by atoms with van der Waals surface area (Å²) in [7, 11) is 3.12. The lowest BCUT2D eigenvalue weighted by Gasteiger charge is -2.34. The van der Waals surface area contributed by atoms with E-state index in [9.17, 15) is 14.4 Å². The van der Waals surface area contributed by atoms with Gasteiger partial charge in [0.25, 0.3) is 11.8 Å². The molecular weight excluding hydrogens is 536 g/mol. The molecule has 41 heavy (non-hydrogen) atoms. The Morgan fingerprint density at radius 2 is 1.49 bits per heavy atom. The number of methoxy groups -OCH3 is 2. The van der Waals surface area contributed by atoms with Gasteiger partial charge in [-0.05, 0) is 49.7 Å². The van der Waals surface area contributed by atoms with Crippen molar-refractivity contribution in [3.05, 3.63) is 53.6 Å². The van der Waals surface area contributed by atoms with Gasteiger partial charge >= 0.3 is 11.9 Å². The second-order valence-electron chi connectivity index (χ2n) is 9.08. The number of nitrogens with two attached hydrogens (primary N) is 1. The first-order valence-electron chi connectivity index (χ1n) is 13.0. The number of aliphatic carboxylic acids is 2. The van der Waals surface area contributed by atoms with Crippen LogP contribution in [0.25, 0.3) is 0 Å². The Balaban J connectivity index is 0.000000883. The number of nitrogens with one attached hydrogen (secondary N) is 1. The number of hydrogen-bond donors (Lipinski definition) is 4. The first-order chi connectivity index (χ1) is 19.6. The third kappa shape index (κ3) is 10.4. The number of carbonyl (C=O) groups is 5. The lowest BCUT2D eigenvalue weighted by atomic mass is 10.1. The molecule has 1 aliphatic heterocycles. The lowest BCUT2D eigenvalue weighted by Crippen LogP contribution is -2.48. The highest BCUT2D eigenvalue weighted by Gasteiger charge is 2.23. The predicted octanol–water partition coefficient (Wildman–Crippen LogP) is 1.92. The molecular formula is C28H36N4O9. The number of hydrogen-bond acceptors (Lipinski definition) is 8. The summed E-state index contributed by atoms with van der Waals surface area (Å²) >= 11 is 0. The van der Waals surface area contributed by atoms with E-state index in [0.717, 1.165) is 38.9 Å². The summed E-state index contributed by atoms with van der Waals surface area (Å²) < 4.78 is 10.5. The first kappa shape index (κ1) is 32.6. The van der Waals surface area contributed by atoms with Crippen LogP contribution in [-0.4, -0.2) is 96.6 Å². The van der Waals surface area contributed by atoms with E-state index in [0.29, 0.717) is 47.8 Å². The smallest absolute Gasteiger partial charge is 0.414 e. The third-order valence-electron chi connectivity index (χ3n) is 6.32. The summed E-state index contributed by atoms with van der Waals surface area (Å²) in [5.74, 6) is -3.20. The van der Waals surface area contributed by atoms with Crippen LogP contribution in [0.2, 0.25) is 0 Å². The highest BCUT2D eigenvalue weighted by atomic mass is 16.5. The van der Waals surface area contributed by atoms with Gasteiger partial charge in [-0.15, -0.1) is 0 Å². The van der Waals surface area contributed by atoms with Gasteiger partial charge in [0.1, 0.15) is 0 Å². The molecule has 1 saturated heterocycles. The fourth-order valence-corrected chi connectivity index (χ4v) is 4.14. The van der Waals surface area contributed by atoms with E-state index in [4.69, 9.17) is 35.0 Å². The normalized spacial score (nSPS) is 12.9. The number of carboxylic acids is 2. The Hall–Kier alpha value is -4.65. The van der Waals surface area contributed by atoms with Crippen molar-refractivity contribution in [3.63, 3.8) is 0 Å². The highest BCUT2D eigenvalue weighted by Crippen LogP contribution is 2.28. The zero-order valence-corrected chi connectivity index (χ0v) is 23.1. The number of anilines is 1. The number of carboxylic acid groups (broad SMARTS) is 2. The molecule has 0 aromatic heterocycles. The largest absolute Gasteiger partial charge is 0.493 e. The summed E-state index contributed by atoms with van der Waals surface area (Å²) in [4.78, 5) is 59.0. The van der Waals surface area contributed by atoms with Crippen molar-refractivity contribution in [3.8, 4) is 11.5 Å². The second-order valence-corrected chi connectivity index (χ2v) is 9.08. The zero-order chi connectivity index (χ0) is 30.4. The van der Waals surface area contributed by atoms with Gasteiger partial charge in [0.05, 0.1) is 25.5 Å². The summed E-state index contributed by atoms with van der Waals surface area (Å²) in [6.45, 7) is 3.93. The molecule has 13 nitrogen and oxygen atoms in total. The second kappa shape index (κ2) is 16.5. The van der Waals surface area contributed by atoms with Crippen LogP contribution in [0.15, 0.2) is 42.5 Å². The molecule has 5 N–H and O–H groups in total. The van der Waals surface area contributed by atoms with Crippen LogP contribution in [0.3, 0.4) is 0 Å². The fourth-order valence-electron chi connectivity index (χ4n) is 4.14. The van der Waals surface area contributed by atoms with Crippen molar-refractivity contribution < 1.29 is 43.7 Å². The van der Waals surface area contributed by atoms with Crippen LogP contribution in [0.4, 0.5) is 5.69 Å². The van der Waals surface area contributed by atoms with Gasteiger partial charge in [0, 0.05) is 38.2 Å². The number of piperazine rings is 1. The van der Waals surface area contributed by atoms with Crippen LogP contribution in [-0.2, 0) is 14.4 Å². The highest BCUT2D eigenvalue weighted by molar-refractivity contribution is 6.27. The van der Waals surface area contributed by atoms with Gasteiger partial charge < -0.3 is 35.6 Å². The SMILES string of the molecule is COc1ccc(C(=O)N2CCN(CCCCCC(=O)Nc3ccccc3C(N)=O)CC2)cc1OC.O=C(O)C(=O)O. The number of primary amides is 1. The number of benzene rings is 2. The molecule has 1 heterocycles. The molecule has 0 radical (unpaired) electrons. The number of rotatable bonds is 11. The maximum Gasteiger partial charge on any atom is 0.414 e.